The van der Waals surface area contributed by atoms with Gasteiger partial charge in [-0.2, -0.15) is 0 Å². The highest BCUT2D eigenvalue weighted by Crippen LogP contribution is 2.40. The molecule has 0 aromatic heterocycles. The Hall–Kier alpha value is -2.94. The Morgan fingerprint density at radius 3 is 2.76 bits per heavy atom. The number of hydrogen-bond acceptors (Lipinski definition) is 6. The van der Waals surface area contributed by atoms with Crippen molar-refractivity contribution in [3.8, 4) is 5.75 Å². The van der Waals surface area contributed by atoms with Crippen LogP contribution in [0.15, 0.2) is 94.9 Å². The zero-order chi connectivity index (χ0) is 25.2. The second-order valence-corrected chi connectivity index (χ2v) is 12.6. The second-order valence-electron chi connectivity index (χ2n) is 9.60. The summed E-state index contributed by atoms with van der Waals surface area (Å²) in [4.78, 5) is 6.18. The van der Waals surface area contributed by atoms with Crippen molar-refractivity contribution in [2.45, 2.75) is 22.3 Å². The van der Waals surface area contributed by atoms with Gasteiger partial charge in [-0.15, -0.1) is 11.8 Å². The van der Waals surface area contributed by atoms with Crippen LogP contribution in [0.1, 0.15) is 6.42 Å². The second kappa shape index (κ2) is 10.4. The molecule has 0 bridgehead atoms. The SMILES string of the molecule is O=S(=O)(c1ccc2ccccc2c1)N1CCSc2ccc(OCCCN3CCN4C=CC=C[C@@H]4C3)cc21. The molecule has 3 aliphatic heterocycles. The number of rotatable bonds is 7. The van der Waals surface area contributed by atoms with Crippen molar-refractivity contribution >= 4 is 38.2 Å². The highest BCUT2D eigenvalue weighted by atomic mass is 32.2. The van der Waals surface area contributed by atoms with Gasteiger partial charge in [0.15, 0.2) is 0 Å². The first kappa shape index (κ1) is 24.4. The van der Waals surface area contributed by atoms with E-state index in [1.54, 1.807) is 28.2 Å². The van der Waals surface area contributed by atoms with Gasteiger partial charge in [0.1, 0.15) is 5.75 Å². The van der Waals surface area contributed by atoms with Crippen LogP contribution < -0.4 is 9.04 Å². The number of nitrogens with zero attached hydrogens (tertiary/aromatic N) is 3. The molecule has 0 radical (unpaired) electrons. The Kier molecular flexibility index (Phi) is 6.88. The van der Waals surface area contributed by atoms with Gasteiger partial charge in [-0.05, 0) is 53.7 Å². The van der Waals surface area contributed by atoms with Gasteiger partial charge >= 0.3 is 0 Å². The van der Waals surface area contributed by atoms with Gasteiger partial charge in [0.2, 0.25) is 0 Å². The van der Waals surface area contributed by atoms with Crippen molar-refractivity contribution in [3.05, 3.63) is 85.1 Å². The molecule has 0 N–H and O–H groups in total. The van der Waals surface area contributed by atoms with E-state index in [4.69, 9.17) is 4.74 Å². The first-order valence-corrected chi connectivity index (χ1v) is 15.2. The summed E-state index contributed by atoms with van der Waals surface area (Å²) >= 11 is 1.69. The van der Waals surface area contributed by atoms with E-state index in [2.05, 4.69) is 34.2 Å². The van der Waals surface area contributed by atoms with E-state index in [1.165, 1.54) is 0 Å². The van der Waals surface area contributed by atoms with Crippen LogP contribution in [-0.2, 0) is 10.0 Å². The molecule has 0 saturated carbocycles. The van der Waals surface area contributed by atoms with E-state index in [0.717, 1.165) is 54.0 Å². The van der Waals surface area contributed by atoms with Crippen molar-refractivity contribution in [1.29, 1.82) is 0 Å². The number of piperazine rings is 1. The van der Waals surface area contributed by atoms with Gasteiger partial charge in [0.25, 0.3) is 10.0 Å². The van der Waals surface area contributed by atoms with Crippen LogP contribution in [0.3, 0.4) is 0 Å². The highest BCUT2D eigenvalue weighted by molar-refractivity contribution is 8.00. The van der Waals surface area contributed by atoms with E-state index in [0.29, 0.717) is 35.5 Å². The molecule has 3 heterocycles. The minimum Gasteiger partial charge on any atom is -0.493 e. The molecule has 1 fully saturated rings. The van der Waals surface area contributed by atoms with Crippen molar-refractivity contribution in [2.24, 2.45) is 0 Å². The molecule has 0 spiro atoms. The van der Waals surface area contributed by atoms with Crippen LogP contribution in [0.25, 0.3) is 10.8 Å². The normalized spacial score (nSPS) is 19.6. The fourth-order valence-corrected chi connectivity index (χ4v) is 7.90. The third-order valence-corrected chi connectivity index (χ3v) is 10.1. The predicted octanol–water partition coefficient (Wildman–Crippen LogP) is 4.98. The Balaban J connectivity index is 1.12. The van der Waals surface area contributed by atoms with Crippen LogP contribution in [0.5, 0.6) is 5.75 Å². The van der Waals surface area contributed by atoms with E-state index < -0.39 is 10.0 Å². The molecule has 3 aliphatic rings. The lowest BCUT2D eigenvalue weighted by atomic mass is 10.1. The van der Waals surface area contributed by atoms with E-state index in [-0.39, 0.29) is 0 Å². The number of anilines is 1. The zero-order valence-electron chi connectivity index (χ0n) is 20.7. The molecule has 1 saturated heterocycles. The van der Waals surface area contributed by atoms with Crippen LogP contribution in [0, 0.1) is 0 Å². The summed E-state index contributed by atoms with van der Waals surface area (Å²) < 4.78 is 35.0. The molecular weight excluding hydrogens is 502 g/mol. The molecule has 1 atom stereocenters. The summed E-state index contributed by atoms with van der Waals surface area (Å²) in [7, 11) is -3.69. The van der Waals surface area contributed by atoms with Crippen LogP contribution in [-0.4, -0.2) is 69.3 Å². The Bertz CT molecular complexity index is 1450. The third kappa shape index (κ3) is 5.10. The summed E-state index contributed by atoms with van der Waals surface area (Å²) in [5.41, 5.74) is 0.704. The van der Waals surface area contributed by atoms with Gasteiger partial charge in [-0.1, -0.05) is 42.5 Å². The van der Waals surface area contributed by atoms with E-state index in [9.17, 15) is 8.42 Å². The summed E-state index contributed by atoms with van der Waals surface area (Å²) in [6.07, 6.45) is 9.61. The minimum atomic E-state index is -3.69. The smallest absolute Gasteiger partial charge is 0.264 e. The molecule has 0 amide bonds. The van der Waals surface area contributed by atoms with Crippen LogP contribution in [0.2, 0.25) is 0 Å². The molecular formula is C29H31N3O3S2. The summed E-state index contributed by atoms with van der Waals surface area (Å²) in [5, 5.41) is 1.95. The highest BCUT2D eigenvalue weighted by Gasteiger charge is 2.30. The maximum absolute atomic E-state index is 13.7. The van der Waals surface area contributed by atoms with Gasteiger partial charge in [0, 0.05) is 49.4 Å². The Labute approximate surface area is 223 Å². The van der Waals surface area contributed by atoms with Gasteiger partial charge in [-0.3, -0.25) is 9.21 Å². The summed E-state index contributed by atoms with van der Waals surface area (Å²) in [6, 6.07) is 19.5. The number of hydrogen-bond donors (Lipinski definition) is 0. The Morgan fingerprint density at radius 1 is 0.946 bits per heavy atom. The first-order valence-electron chi connectivity index (χ1n) is 12.8. The topological polar surface area (TPSA) is 53.1 Å². The van der Waals surface area contributed by atoms with Gasteiger partial charge < -0.3 is 9.64 Å². The average molecular weight is 534 g/mol. The standard InChI is InChI=1S/C29H31N3O3S2/c33-37(34,27-11-9-23-6-1-2-7-24(23)20-27)32-17-19-36-29-12-10-26(21-28(29)32)35-18-5-13-30-15-16-31-14-4-3-8-25(31)22-30/h1-4,6-12,14,20-21,25H,5,13,15-19,22H2/t25-/m1/s1. The lowest BCUT2D eigenvalue weighted by Crippen LogP contribution is -2.50. The van der Waals surface area contributed by atoms with Crippen molar-refractivity contribution in [3.63, 3.8) is 0 Å². The van der Waals surface area contributed by atoms with Crippen LogP contribution >= 0.6 is 11.8 Å². The quantitative estimate of drug-likeness (QED) is 0.400. The Morgan fingerprint density at radius 2 is 1.84 bits per heavy atom. The van der Waals surface area contributed by atoms with Gasteiger partial charge in [-0.25, -0.2) is 8.42 Å². The lowest BCUT2D eigenvalue weighted by Gasteiger charge is -2.40. The fraction of sp³-hybridized carbons (Fsp3) is 0.310. The third-order valence-electron chi connectivity index (χ3n) is 7.21. The molecule has 0 aliphatic carbocycles. The molecule has 3 aromatic rings. The minimum absolute atomic E-state index is 0.318. The summed E-state index contributed by atoms with van der Waals surface area (Å²) in [6.45, 7) is 5.18. The molecule has 192 valence electrons. The first-order chi connectivity index (χ1) is 18.1. The van der Waals surface area contributed by atoms with Crippen molar-refractivity contribution in [1.82, 2.24) is 9.80 Å². The van der Waals surface area contributed by atoms with Gasteiger partial charge in [0.05, 0.1) is 23.2 Å². The molecule has 3 aromatic carbocycles. The predicted molar refractivity (Wildman–Crippen MR) is 151 cm³/mol. The molecule has 0 unspecified atom stereocenters. The number of ether oxygens (including phenoxy) is 1. The molecule has 6 nitrogen and oxygen atoms in total. The number of thioether (sulfide) groups is 1. The van der Waals surface area contributed by atoms with Crippen LogP contribution in [0.4, 0.5) is 5.69 Å². The number of fused-ring (bicyclic) bond motifs is 3. The monoisotopic (exact) mass is 533 g/mol. The largest absolute Gasteiger partial charge is 0.493 e. The maximum atomic E-state index is 13.7. The number of sulfonamides is 1. The molecule has 8 heteroatoms. The number of allylic oxidation sites excluding steroid dienone is 2. The molecule has 37 heavy (non-hydrogen) atoms. The fourth-order valence-electron chi connectivity index (χ4n) is 5.24. The zero-order valence-corrected chi connectivity index (χ0v) is 22.3. The maximum Gasteiger partial charge on any atom is 0.264 e. The van der Waals surface area contributed by atoms with E-state index >= 15 is 0 Å². The van der Waals surface area contributed by atoms with E-state index in [1.807, 2.05) is 48.5 Å². The molecule has 6 rings (SSSR count). The van der Waals surface area contributed by atoms with Crippen molar-refractivity contribution < 1.29 is 13.2 Å². The summed E-state index contributed by atoms with van der Waals surface area (Å²) in [5.74, 6) is 1.43. The average Bonchev–Trinajstić information content (AvgIpc) is 2.94. The van der Waals surface area contributed by atoms with Crippen molar-refractivity contribution in [2.75, 3.05) is 49.4 Å². The lowest BCUT2D eigenvalue weighted by molar-refractivity contribution is 0.126. The number of benzene rings is 3.